The SMILES string of the molecule is CC(C)C(CO)C(=O)N[C@@H]1CNC[C@H](C(=O)O)C1. The molecule has 1 aliphatic heterocycles. The number of aliphatic hydroxyl groups excluding tert-OH is 1. The number of piperidine rings is 1. The molecule has 0 aromatic heterocycles. The Morgan fingerprint density at radius 3 is 2.56 bits per heavy atom. The fourth-order valence-corrected chi connectivity index (χ4v) is 2.14. The molecule has 0 aromatic rings. The van der Waals surface area contributed by atoms with Crippen molar-refractivity contribution < 1.29 is 19.8 Å². The molecule has 104 valence electrons. The Balaban J connectivity index is 2.51. The highest BCUT2D eigenvalue weighted by Gasteiger charge is 2.30. The highest BCUT2D eigenvalue weighted by atomic mass is 16.4. The Bertz CT molecular complexity index is 306. The molecule has 0 spiro atoms. The smallest absolute Gasteiger partial charge is 0.307 e. The van der Waals surface area contributed by atoms with Crippen LogP contribution >= 0.6 is 0 Å². The van der Waals surface area contributed by atoms with Crippen molar-refractivity contribution >= 4 is 11.9 Å². The zero-order chi connectivity index (χ0) is 13.7. The standard InChI is InChI=1S/C12H22N2O4/c1-7(2)10(6-15)11(16)14-9-3-8(12(17)18)4-13-5-9/h7-10,13,15H,3-6H2,1-2H3,(H,14,16)(H,17,18)/t8-,9+,10?/m1/s1. The second kappa shape index (κ2) is 6.70. The van der Waals surface area contributed by atoms with Gasteiger partial charge in [-0.1, -0.05) is 13.8 Å². The summed E-state index contributed by atoms with van der Waals surface area (Å²) in [5.41, 5.74) is 0. The number of rotatable bonds is 5. The Morgan fingerprint density at radius 2 is 2.06 bits per heavy atom. The minimum Gasteiger partial charge on any atom is -0.481 e. The van der Waals surface area contributed by atoms with E-state index in [2.05, 4.69) is 10.6 Å². The molecule has 0 saturated carbocycles. The first-order chi connectivity index (χ1) is 8.45. The van der Waals surface area contributed by atoms with E-state index in [0.717, 1.165) is 0 Å². The Kier molecular flexibility index (Phi) is 5.55. The minimum atomic E-state index is -0.844. The Morgan fingerprint density at radius 1 is 1.39 bits per heavy atom. The molecule has 18 heavy (non-hydrogen) atoms. The summed E-state index contributed by atoms with van der Waals surface area (Å²) in [5, 5.41) is 23.9. The summed E-state index contributed by atoms with van der Waals surface area (Å²) < 4.78 is 0. The van der Waals surface area contributed by atoms with E-state index < -0.39 is 17.8 Å². The molecule has 1 rings (SSSR count). The molecule has 6 nitrogen and oxygen atoms in total. The second-order valence-electron chi connectivity index (χ2n) is 5.17. The van der Waals surface area contributed by atoms with Gasteiger partial charge in [-0.2, -0.15) is 0 Å². The number of aliphatic carboxylic acids is 1. The van der Waals surface area contributed by atoms with Crippen molar-refractivity contribution in [3.8, 4) is 0 Å². The first kappa shape index (κ1) is 14.9. The third-order valence-electron chi connectivity index (χ3n) is 3.38. The van der Waals surface area contributed by atoms with Gasteiger partial charge in [-0.3, -0.25) is 9.59 Å². The van der Waals surface area contributed by atoms with Crippen LogP contribution in [-0.4, -0.2) is 47.8 Å². The van der Waals surface area contributed by atoms with Gasteiger partial charge in [-0.05, 0) is 12.3 Å². The van der Waals surface area contributed by atoms with Crippen molar-refractivity contribution in [3.63, 3.8) is 0 Å². The summed E-state index contributed by atoms with van der Waals surface area (Å²) in [6.45, 7) is 4.58. The van der Waals surface area contributed by atoms with Gasteiger partial charge in [0.15, 0.2) is 0 Å². The third kappa shape index (κ3) is 3.96. The van der Waals surface area contributed by atoms with Gasteiger partial charge >= 0.3 is 5.97 Å². The average molecular weight is 258 g/mol. The lowest BCUT2D eigenvalue weighted by Gasteiger charge is -2.30. The summed E-state index contributed by atoms with van der Waals surface area (Å²) in [5.74, 6) is -1.89. The topological polar surface area (TPSA) is 98.7 Å². The number of carbonyl (C=O) groups is 2. The molecule has 1 saturated heterocycles. The molecule has 1 aliphatic rings. The molecule has 0 aliphatic carbocycles. The van der Waals surface area contributed by atoms with Crippen LogP contribution in [-0.2, 0) is 9.59 Å². The molecule has 3 atom stereocenters. The van der Waals surface area contributed by atoms with Crippen LogP contribution in [0, 0.1) is 17.8 Å². The van der Waals surface area contributed by atoms with Gasteiger partial charge in [-0.25, -0.2) is 0 Å². The third-order valence-corrected chi connectivity index (χ3v) is 3.38. The van der Waals surface area contributed by atoms with E-state index in [1.807, 2.05) is 13.8 Å². The van der Waals surface area contributed by atoms with Crippen molar-refractivity contribution in [2.75, 3.05) is 19.7 Å². The van der Waals surface area contributed by atoms with Gasteiger partial charge in [0.25, 0.3) is 0 Å². The summed E-state index contributed by atoms with van der Waals surface area (Å²) >= 11 is 0. The van der Waals surface area contributed by atoms with E-state index in [1.165, 1.54) is 0 Å². The number of amides is 1. The molecule has 1 fully saturated rings. The van der Waals surface area contributed by atoms with E-state index in [-0.39, 0.29) is 24.5 Å². The van der Waals surface area contributed by atoms with Crippen LogP contribution in [0.2, 0.25) is 0 Å². The maximum absolute atomic E-state index is 11.9. The zero-order valence-corrected chi connectivity index (χ0v) is 10.8. The number of hydrogen-bond donors (Lipinski definition) is 4. The largest absolute Gasteiger partial charge is 0.481 e. The van der Waals surface area contributed by atoms with Crippen molar-refractivity contribution in [1.82, 2.24) is 10.6 Å². The summed E-state index contributed by atoms with van der Waals surface area (Å²) in [6, 6.07) is -0.180. The van der Waals surface area contributed by atoms with E-state index >= 15 is 0 Å². The summed E-state index contributed by atoms with van der Waals surface area (Å²) in [6.07, 6.45) is 0.435. The molecule has 4 N–H and O–H groups in total. The van der Waals surface area contributed by atoms with Crippen LogP contribution in [0.4, 0.5) is 0 Å². The van der Waals surface area contributed by atoms with Gasteiger partial charge in [0.2, 0.25) is 5.91 Å². The van der Waals surface area contributed by atoms with E-state index in [4.69, 9.17) is 10.2 Å². The van der Waals surface area contributed by atoms with Crippen LogP contribution in [0.3, 0.4) is 0 Å². The van der Waals surface area contributed by atoms with Crippen molar-refractivity contribution in [2.45, 2.75) is 26.3 Å². The number of aliphatic hydroxyl groups is 1. The maximum Gasteiger partial charge on any atom is 0.307 e. The summed E-state index contributed by atoms with van der Waals surface area (Å²) in [4.78, 5) is 22.8. The molecule has 1 amide bonds. The molecule has 0 aromatic carbocycles. The van der Waals surface area contributed by atoms with Crippen LogP contribution in [0.5, 0.6) is 0 Å². The first-order valence-corrected chi connectivity index (χ1v) is 6.30. The zero-order valence-electron chi connectivity index (χ0n) is 10.8. The van der Waals surface area contributed by atoms with E-state index in [1.54, 1.807) is 0 Å². The summed E-state index contributed by atoms with van der Waals surface area (Å²) in [7, 11) is 0. The molecule has 0 bridgehead atoms. The molecule has 6 heteroatoms. The minimum absolute atomic E-state index is 0.0572. The van der Waals surface area contributed by atoms with Crippen LogP contribution in [0.25, 0.3) is 0 Å². The highest BCUT2D eigenvalue weighted by Crippen LogP contribution is 2.14. The molecule has 1 heterocycles. The van der Waals surface area contributed by atoms with Crippen LogP contribution in [0.1, 0.15) is 20.3 Å². The number of hydrogen-bond acceptors (Lipinski definition) is 4. The monoisotopic (exact) mass is 258 g/mol. The maximum atomic E-state index is 11.9. The highest BCUT2D eigenvalue weighted by molar-refractivity contribution is 5.79. The van der Waals surface area contributed by atoms with Crippen LogP contribution in [0.15, 0.2) is 0 Å². The Labute approximate surface area is 107 Å². The molecule has 0 radical (unpaired) electrons. The number of nitrogens with one attached hydrogen (secondary N) is 2. The average Bonchev–Trinajstić information content (AvgIpc) is 2.29. The van der Waals surface area contributed by atoms with Gasteiger partial charge in [-0.15, -0.1) is 0 Å². The van der Waals surface area contributed by atoms with Crippen molar-refractivity contribution in [3.05, 3.63) is 0 Å². The molecular weight excluding hydrogens is 236 g/mol. The molecule has 1 unspecified atom stereocenters. The molecular formula is C12H22N2O4. The predicted octanol–water partition coefficient (Wildman–Crippen LogP) is -0.570. The van der Waals surface area contributed by atoms with Crippen molar-refractivity contribution in [1.29, 1.82) is 0 Å². The van der Waals surface area contributed by atoms with Gasteiger partial charge < -0.3 is 20.8 Å². The number of carboxylic acids is 1. The lowest BCUT2D eigenvalue weighted by Crippen LogP contribution is -2.52. The predicted molar refractivity (Wildman–Crippen MR) is 66.0 cm³/mol. The lowest BCUT2D eigenvalue weighted by molar-refractivity contribution is -0.143. The normalized spacial score (nSPS) is 25.8. The van der Waals surface area contributed by atoms with E-state index in [0.29, 0.717) is 19.5 Å². The van der Waals surface area contributed by atoms with E-state index in [9.17, 15) is 9.59 Å². The van der Waals surface area contributed by atoms with Gasteiger partial charge in [0, 0.05) is 19.1 Å². The first-order valence-electron chi connectivity index (χ1n) is 6.30. The quantitative estimate of drug-likeness (QED) is 0.529. The Hall–Kier alpha value is -1.14. The number of carbonyl (C=O) groups excluding carboxylic acids is 1. The number of carboxylic acid groups (broad SMARTS) is 1. The van der Waals surface area contributed by atoms with Crippen molar-refractivity contribution in [2.24, 2.45) is 17.8 Å². The lowest BCUT2D eigenvalue weighted by atomic mass is 9.93. The van der Waals surface area contributed by atoms with Crippen LogP contribution < -0.4 is 10.6 Å². The fraction of sp³-hybridized carbons (Fsp3) is 0.833. The second-order valence-corrected chi connectivity index (χ2v) is 5.17. The fourth-order valence-electron chi connectivity index (χ4n) is 2.14. The van der Waals surface area contributed by atoms with Gasteiger partial charge in [0.05, 0.1) is 18.4 Å². The van der Waals surface area contributed by atoms with Gasteiger partial charge in [0.1, 0.15) is 0 Å².